The van der Waals surface area contributed by atoms with Gasteiger partial charge in [0, 0.05) is 29.8 Å². The molecule has 0 bridgehead atoms. The molecule has 1 aliphatic rings. The number of ether oxygens (including phenoxy) is 1. The molecule has 5 heteroatoms. The number of hydrogen-bond acceptors (Lipinski definition) is 4. The average Bonchev–Trinajstić information content (AvgIpc) is 3.12. The molecule has 1 unspecified atom stereocenters. The summed E-state index contributed by atoms with van der Waals surface area (Å²) in [7, 11) is 1.60. The van der Waals surface area contributed by atoms with Crippen molar-refractivity contribution in [3.05, 3.63) is 64.7 Å². The highest BCUT2D eigenvalue weighted by molar-refractivity contribution is 6.31. The summed E-state index contributed by atoms with van der Waals surface area (Å²) in [4.78, 5) is 12.8. The van der Waals surface area contributed by atoms with Gasteiger partial charge in [0.15, 0.2) is 5.78 Å². The first-order chi connectivity index (χ1) is 10.7. The zero-order chi connectivity index (χ0) is 15.5. The van der Waals surface area contributed by atoms with Gasteiger partial charge in [-0.05, 0) is 29.8 Å². The van der Waals surface area contributed by atoms with Gasteiger partial charge in [-0.15, -0.1) is 0 Å². The molecule has 1 aromatic carbocycles. The number of benzene rings is 1. The molecule has 1 aliphatic carbocycles. The Bertz CT molecular complexity index is 706. The molecule has 1 atom stereocenters. The Morgan fingerprint density at radius 2 is 2.23 bits per heavy atom. The van der Waals surface area contributed by atoms with Crippen molar-refractivity contribution in [2.24, 2.45) is 0 Å². The second kappa shape index (κ2) is 6.38. The average molecular weight is 318 g/mol. The van der Waals surface area contributed by atoms with E-state index in [1.807, 2.05) is 18.2 Å². The number of allylic oxidation sites excluding steroid dienone is 2. The lowest BCUT2D eigenvalue weighted by molar-refractivity contribution is -0.114. The maximum absolute atomic E-state index is 12.8. The maximum atomic E-state index is 12.8. The summed E-state index contributed by atoms with van der Waals surface area (Å²) in [5.74, 6) is 0.415. The summed E-state index contributed by atoms with van der Waals surface area (Å²) in [5.41, 5.74) is 2.32. The number of halogens is 1. The molecule has 1 N–H and O–H groups in total. The van der Waals surface area contributed by atoms with E-state index in [0.29, 0.717) is 29.5 Å². The number of carbonyl (C=O) groups is 1. The second-order valence-corrected chi connectivity index (χ2v) is 5.55. The summed E-state index contributed by atoms with van der Waals surface area (Å²) in [5, 5.41) is 3.78. The summed E-state index contributed by atoms with van der Waals surface area (Å²) in [6.07, 6.45) is 2.15. The summed E-state index contributed by atoms with van der Waals surface area (Å²) in [6.45, 7) is 0.345. The Balaban J connectivity index is 1.99. The molecule has 0 aliphatic heterocycles. The van der Waals surface area contributed by atoms with Gasteiger partial charge in [-0.2, -0.15) is 0 Å². The topological polar surface area (TPSA) is 51.5 Å². The first kappa shape index (κ1) is 14.9. The second-order valence-electron chi connectivity index (χ2n) is 5.11. The number of ketones is 1. The molecule has 0 spiro atoms. The molecule has 22 heavy (non-hydrogen) atoms. The van der Waals surface area contributed by atoms with Crippen LogP contribution in [0.4, 0.5) is 0 Å². The molecule has 0 fully saturated rings. The van der Waals surface area contributed by atoms with E-state index < -0.39 is 0 Å². The smallest absolute Gasteiger partial charge is 0.176 e. The van der Waals surface area contributed by atoms with E-state index in [9.17, 15) is 4.79 Å². The van der Waals surface area contributed by atoms with Crippen LogP contribution >= 0.6 is 11.6 Å². The summed E-state index contributed by atoms with van der Waals surface area (Å²) >= 11 is 6.06. The number of rotatable bonds is 5. The van der Waals surface area contributed by atoms with Crippen molar-refractivity contribution in [2.75, 3.05) is 13.8 Å². The van der Waals surface area contributed by atoms with E-state index in [1.165, 1.54) is 0 Å². The van der Waals surface area contributed by atoms with Gasteiger partial charge in [-0.25, -0.2) is 0 Å². The minimum atomic E-state index is -0.302. The predicted octanol–water partition coefficient (Wildman–Crippen LogP) is 3.59. The Morgan fingerprint density at radius 1 is 1.36 bits per heavy atom. The molecule has 4 nitrogen and oxygen atoms in total. The Morgan fingerprint density at radius 3 is 2.91 bits per heavy atom. The quantitative estimate of drug-likeness (QED) is 0.856. The van der Waals surface area contributed by atoms with Crippen LogP contribution in [-0.4, -0.2) is 19.6 Å². The molecule has 0 radical (unpaired) electrons. The van der Waals surface area contributed by atoms with Gasteiger partial charge < -0.3 is 14.5 Å². The number of methoxy groups -OCH3 is 1. The van der Waals surface area contributed by atoms with Gasteiger partial charge in [-0.1, -0.05) is 23.7 Å². The highest BCUT2D eigenvalue weighted by Crippen LogP contribution is 2.39. The molecular formula is C17H16ClNO3. The van der Waals surface area contributed by atoms with E-state index in [4.69, 9.17) is 20.8 Å². The van der Waals surface area contributed by atoms with Gasteiger partial charge in [0.2, 0.25) is 0 Å². The molecule has 0 saturated carbocycles. The number of furan rings is 1. The van der Waals surface area contributed by atoms with Crippen LogP contribution in [0.1, 0.15) is 23.7 Å². The molecule has 3 rings (SSSR count). The predicted molar refractivity (Wildman–Crippen MR) is 84.5 cm³/mol. The fraction of sp³-hybridized carbons (Fsp3) is 0.235. The molecule has 2 aromatic rings. The van der Waals surface area contributed by atoms with Crippen LogP contribution < -0.4 is 5.32 Å². The summed E-state index contributed by atoms with van der Waals surface area (Å²) < 4.78 is 10.5. The van der Waals surface area contributed by atoms with Crippen LogP contribution in [0.25, 0.3) is 5.57 Å². The van der Waals surface area contributed by atoms with E-state index in [1.54, 1.807) is 31.6 Å². The monoisotopic (exact) mass is 317 g/mol. The van der Waals surface area contributed by atoms with Crippen molar-refractivity contribution < 1.29 is 13.9 Å². The number of nitrogens with one attached hydrogen (secondary N) is 1. The first-order valence-corrected chi connectivity index (χ1v) is 7.38. The van der Waals surface area contributed by atoms with Crippen LogP contribution in [0.15, 0.2) is 52.8 Å². The SMILES string of the molecule is COCNC1=C(c2cccc(Cl)c2)C(=O)C(c2ccco2)C1. The molecule has 1 aromatic heterocycles. The number of Topliss-reactive ketones (excluding diaryl/α,β-unsaturated/α-hetero) is 1. The van der Waals surface area contributed by atoms with Crippen molar-refractivity contribution in [1.29, 1.82) is 0 Å². The van der Waals surface area contributed by atoms with Gasteiger partial charge in [0.1, 0.15) is 12.5 Å². The fourth-order valence-electron chi connectivity index (χ4n) is 2.72. The van der Waals surface area contributed by atoms with Gasteiger partial charge in [0.25, 0.3) is 0 Å². The third-order valence-electron chi connectivity index (χ3n) is 3.70. The van der Waals surface area contributed by atoms with E-state index >= 15 is 0 Å². The molecule has 1 heterocycles. The molecule has 0 saturated heterocycles. The van der Waals surface area contributed by atoms with Gasteiger partial charge >= 0.3 is 0 Å². The Labute approximate surface area is 133 Å². The van der Waals surface area contributed by atoms with Crippen molar-refractivity contribution in [2.45, 2.75) is 12.3 Å². The minimum absolute atomic E-state index is 0.0378. The first-order valence-electron chi connectivity index (χ1n) is 7.00. The van der Waals surface area contributed by atoms with Crippen LogP contribution in [0.3, 0.4) is 0 Å². The largest absolute Gasteiger partial charge is 0.469 e. The van der Waals surface area contributed by atoms with E-state index in [2.05, 4.69) is 5.32 Å². The van der Waals surface area contributed by atoms with Crippen molar-refractivity contribution in [3.8, 4) is 0 Å². The zero-order valence-corrected chi connectivity index (χ0v) is 12.9. The van der Waals surface area contributed by atoms with E-state index in [-0.39, 0.29) is 11.7 Å². The van der Waals surface area contributed by atoms with Crippen molar-refractivity contribution in [1.82, 2.24) is 5.32 Å². The maximum Gasteiger partial charge on any atom is 0.176 e. The minimum Gasteiger partial charge on any atom is -0.469 e. The van der Waals surface area contributed by atoms with Crippen LogP contribution in [0.2, 0.25) is 5.02 Å². The number of carbonyl (C=O) groups excluding carboxylic acids is 1. The van der Waals surface area contributed by atoms with Gasteiger partial charge in [0.05, 0.1) is 12.2 Å². The molecular weight excluding hydrogens is 302 g/mol. The highest BCUT2D eigenvalue weighted by Gasteiger charge is 2.36. The lowest BCUT2D eigenvalue weighted by atomic mass is 9.97. The lowest BCUT2D eigenvalue weighted by Crippen LogP contribution is -2.16. The standard InChI is InChI=1S/C17H16ClNO3/c1-21-10-19-14-9-13(15-6-3-7-22-15)17(20)16(14)11-4-2-5-12(18)8-11/h2-8,13,19H,9-10H2,1H3. The van der Waals surface area contributed by atoms with E-state index in [0.717, 1.165) is 11.3 Å². The van der Waals surface area contributed by atoms with Crippen molar-refractivity contribution in [3.63, 3.8) is 0 Å². The van der Waals surface area contributed by atoms with Crippen LogP contribution in [-0.2, 0) is 9.53 Å². The summed E-state index contributed by atoms with van der Waals surface area (Å²) in [6, 6.07) is 10.9. The zero-order valence-electron chi connectivity index (χ0n) is 12.1. The third kappa shape index (κ3) is 2.80. The van der Waals surface area contributed by atoms with Crippen LogP contribution in [0.5, 0.6) is 0 Å². The normalized spacial score (nSPS) is 18.1. The molecule has 0 amide bonds. The van der Waals surface area contributed by atoms with Crippen molar-refractivity contribution >= 4 is 23.0 Å². The molecule has 114 valence electrons. The number of hydrogen-bond donors (Lipinski definition) is 1. The highest BCUT2D eigenvalue weighted by atomic mass is 35.5. The Hall–Kier alpha value is -2.04. The van der Waals surface area contributed by atoms with Crippen LogP contribution in [0, 0.1) is 0 Å². The third-order valence-corrected chi connectivity index (χ3v) is 3.94. The lowest BCUT2D eigenvalue weighted by Gasteiger charge is -2.09. The van der Waals surface area contributed by atoms with Gasteiger partial charge in [-0.3, -0.25) is 4.79 Å². The fourth-order valence-corrected chi connectivity index (χ4v) is 2.91. The Kier molecular flexibility index (Phi) is 4.32.